The van der Waals surface area contributed by atoms with Gasteiger partial charge in [-0.25, -0.2) is 0 Å². The monoisotopic (exact) mass is 291 g/mol. The summed E-state index contributed by atoms with van der Waals surface area (Å²) in [5.41, 5.74) is -0.0765. The summed E-state index contributed by atoms with van der Waals surface area (Å²) < 4.78 is 0. The largest absolute Gasteiger partial charge is 0.505 e. The van der Waals surface area contributed by atoms with E-state index in [-0.39, 0.29) is 11.4 Å². The minimum atomic E-state index is -0.482. The molecule has 0 saturated carbocycles. The predicted molar refractivity (Wildman–Crippen MR) is 89.1 cm³/mol. The fraction of sp³-hybridized carbons (Fsp3) is 0.438. The van der Waals surface area contributed by atoms with Crippen LogP contribution in [0.3, 0.4) is 0 Å². The Balaban J connectivity index is 0.00000191. The summed E-state index contributed by atoms with van der Waals surface area (Å²) in [6.45, 7) is 15.0. The van der Waals surface area contributed by atoms with Gasteiger partial charge in [-0.3, -0.25) is 4.79 Å². The maximum absolute atomic E-state index is 11.9. The molecule has 0 fully saturated rings. The molecule has 1 heterocycles. The molecule has 1 aromatic heterocycles. The predicted octanol–water partition coefficient (Wildman–Crippen LogP) is 4.67. The summed E-state index contributed by atoms with van der Waals surface area (Å²) in [5.74, 6) is -0.208. The lowest BCUT2D eigenvalue weighted by Gasteiger charge is -2.10. The molecule has 0 unspecified atom stereocenters. The van der Waals surface area contributed by atoms with E-state index in [9.17, 15) is 9.90 Å². The van der Waals surface area contributed by atoms with Gasteiger partial charge in [0.25, 0.3) is 5.56 Å². The van der Waals surface area contributed by atoms with Gasteiger partial charge < -0.3 is 10.1 Å². The summed E-state index contributed by atoms with van der Waals surface area (Å²) in [5, 5.41) is 17.9. The van der Waals surface area contributed by atoms with Crippen LogP contribution in [-0.2, 0) is 0 Å². The zero-order chi connectivity index (χ0) is 16.6. The number of H-pyrrole nitrogens is 1. The molecule has 5 nitrogen and oxygen atoms in total. The lowest BCUT2D eigenvalue weighted by molar-refractivity contribution is 0.471. The Morgan fingerprint density at radius 3 is 2.29 bits per heavy atom. The quantitative estimate of drug-likeness (QED) is 0.794. The van der Waals surface area contributed by atoms with E-state index in [4.69, 9.17) is 0 Å². The van der Waals surface area contributed by atoms with Crippen LogP contribution in [0.4, 0.5) is 5.69 Å². The summed E-state index contributed by atoms with van der Waals surface area (Å²) in [6, 6.07) is 0. The fourth-order valence-electron chi connectivity index (χ4n) is 1.41. The Morgan fingerprint density at radius 2 is 1.86 bits per heavy atom. The first kappa shape index (κ1) is 18.8. The van der Waals surface area contributed by atoms with Crippen molar-refractivity contribution in [2.75, 3.05) is 0 Å². The van der Waals surface area contributed by atoms with E-state index in [1.807, 2.05) is 41.5 Å². The number of allylic oxidation sites excluding steroid dienone is 1. The van der Waals surface area contributed by atoms with Gasteiger partial charge in [0.2, 0.25) is 0 Å². The number of rotatable bonds is 3. The van der Waals surface area contributed by atoms with Crippen LogP contribution < -0.4 is 5.56 Å². The summed E-state index contributed by atoms with van der Waals surface area (Å²) >= 11 is 0. The molecule has 116 valence electrons. The maximum atomic E-state index is 11.9. The number of aromatic amines is 1. The van der Waals surface area contributed by atoms with Gasteiger partial charge in [-0.05, 0) is 33.8 Å². The van der Waals surface area contributed by atoms with E-state index in [0.717, 1.165) is 0 Å². The number of nitrogens with one attached hydrogen (secondary N) is 1. The van der Waals surface area contributed by atoms with Crippen LogP contribution in [0.25, 0.3) is 12.2 Å². The third-order valence-electron chi connectivity index (χ3n) is 2.22. The van der Waals surface area contributed by atoms with Gasteiger partial charge in [-0.1, -0.05) is 32.6 Å². The number of hydrogen-bond donors (Lipinski definition) is 2. The first-order chi connectivity index (χ1) is 9.80. The normalized spacial score (nSPS) is 11.5. The van der Waals surface area contributed by atoms with Gasteiger partial charge in [0.05, 0.1) is 11.2 Å². The van der Waals surface area contributed by atoms with Crippen molar-refractivity contribution in [2.24, 2.45) is 10.2 Å². The lowest BCUT2D eigenvalue weighted by Crippen LogP contribution is -2.11. The van der Waals surface area contributed by atoms with Crippen molar-refractivity contribution in [3.8, 4) is 5.75 Å². The number of azo groups is 1. The van der Waals surface area contributed by atoms with E-state index in [1.54, 1.807) is 12.2 Å². The first-order valence-electron chi connectivity index (χ1n) is 6.97. The van der Waals surface area contributed by atoms with E-state index in [2.05, 4.69) is 21.8 Å². The molecule has 0 aliphatic rings. The van der Waals surface area contributed by atoms with Crippen LogP contribution in [0.15, 0.2) is 27.7 Å². The second kappa shape index (κ2) is 8.19. The van der Waals surface area contributed by atoms with E-state index >= 15 is 0 Å². The van der Waals surface area contributed by atoms with Crippen molar-refractivity contribution in [3.05, 3.63) is 34.3 Å². The molecule has 0 bridgehead atoms. The standard InChI is InChI=1S/C14H19N3O2.C2H6/c1-6-8-10-9(7-2)12(18)11(13(19)15-10)16-17-14(3,4)5;1-2/h6-8H,2H2,1,3-5H3,(H2,15,18,19);1-2H3/b8-6-,17-16?;. The molecule has 0 aliphatic heterocycles. The van der Waals surface area contributed by atoms with E-state index in [1.165, 1.54) is 6.08 Å². The molecule has 0 amide bonds. The Hall–Kier alpha value is -2.17. The number of aromatic nitrogens is 1. The van der Waals surface area contributed by atoms with Crippen LogP contribution in [0.1, 0.15) is 52.8 Å². The van der Waals surface area contributed by atoms with Crippen LogP contribution >= 0.6 is 0 Å². The van der Waals surface area contributed by atoms with Crippen molar-refractivity contribution >= 4 is 17.8 Å². The van der Waals surface area contributed by atoms with Crippen molar-refractivity contribution in [1.29, 1.82) is 0 Å². The highest BCUT2D eigenvalue weighted by Gasteiger charge is 2.15. The maximum Gasteiger partial charge on any atom is 0.280 e. The van der Waals surface area contributed by atoms with Crippen molar-refractivity contribution in [1.82, 2.24) is 4.98 Å². The molecular formula is C16H25N3O2. The average Bonchev–Trinajstić information content (AvgIpc) is 2.40. The Morgan fingerprint density at radius 1 is 1.29 bits per heavy atom. The van der Waals surface area contributed by atoms with Crippen molar-refractivity contribution in [2.45, 2.75) is 47.1 Å². The highest BCUT2D eigenvalue weighted by molar-refractivity contribution is 5.71. The van der Waals surface area contributed by atoms with Crippen molar-refractivity contribution in [3.63, 3.8) is 0 Å². The minimum absolute atomic E-state index is 0.0990. The summed E-state index contributed by atoms with van der Waals surface area (Å²) in [6.07, 6.45) is 4.91. The summed E-state index contributed by atoms with van der Waals surface area (Å²) in [7, 11) is 0. The molecule has 2 N–H and O–H groups in total. The third-order valence-corrected chi connectivity index (χ3v) is 2.22. The SMILES string of the molecule is C=Cc1c(/C=C\C)[nH]c(=O)c(N=NC(C)(C)C)c1O.CC. The number of pyridine rings is 1. The Kier molecular flexibility index (Phi) is 7.35. The van der Waals surface area contributed by atoms with Crippen LogP contribution in [-0.4, -0.2) is 15.6 Å². The van der Waals surface area contributed by atoms with Crippen LogP contribution in [0, 0.1) is 0 Å². The number of aromatic hydroxyl groups is 1. The molecular weight excluding hydrogens is 266 g/mol. The van der Waals surface area contributed by atoms with Gasteiger partial charge in [-0.2, -0.15) is 5.11 Å². The summed E-state index contributed by atoms with van der Waals surface area (Å²) in [4.78, 5) is 14.5. The molecule has 0 aliphatic carbocycles. The number of hydrogen-bond acceptors (Lipinski definition) is 4. The van der Waals surface area contributed by atoms with E-state index < -0.39 is 11.1 Å². The topological polar surface area (TPSA) is 77.8 Å². The zero-order valence-corrected chi connectivity index (χ0v) is 13.7. The highest BCUT2D eigenvalue weighted by atomic mass is 16.3. The molecule has 0 spiro atoms. The third kappa shape index (κ3) is 5.38. The van der Waals surface area contributed by atoms with Gasteiger partial charge in [0.1, 0.15) is 0 Å². The molecule has 5 heteroatoms. The van der Waals surface area contributed by atoms with Gasteiger partial charge >= 0.3 is 0 Å². The fourth-order valence-corrected chi connectivity index (χ4v) is 1.41. The van der Waals surface area contributed by atoms with E-state index in [0.29, 0.717) is 11.3 Å². The van der Waals surface area contributed by atoms with Gasteiger partial charge in [0.15, 0.2) is 11.4 Å². The van der Waals surface area contributed by atoms with Crippen molar-refractivity contribution < 1.29 is 5.11 Å². The lowest BCUT2D eigenvalue weighted by atomic mass is 10.1. The second-order valence-electron chi connectivity index (χ2n) is 5.05. The molecule has 0 radical (unpaired) electrons. The molecule has 0 aromatic carbocycles. The minimum Gasteiger partial charge on any atom is -0.505 e. The van der Waals surface area contributed by atoms with Crippen LogP contribution in [0.2, 0.25) is 0 Å². The average molecular weight is 291 g/mol. The van der Waals surface area contributed by atoms with Crippen LogP contribution in [0.5, 0.6) is 5.75 Å². The van der Waals surface area contributed by atoms with Gasteiger partial charge in [0, 0.05) is 5.56 Å². The molecule has 1 rings (SSSR count). The first-order valence-corrected chi connectivity index (χ1v) is 6.97. The number of nitrogens with zero attached hydrogens (tertiary/aromatic N) is 2. The molecule has 0 saturated heterocycles. The smallest absolute Gasteiger partial charge is 0.280 e. The zero-order valence-electron chi connectivity index (χ0n) is 13.7. The van der Waals surface area contributed by atoms with Gasteiger partial charge in [-0.15, -0.1) is 5.11 Å². The Bertz CT molecular complexity index is 591. The highest BCUT2D eigenvalue weighted by Crippen LogP contribution is 2.30. The molecule has 1 aromatic rings. The second-order valence-corrected chi connectivity index (χ2v) is 5.05. The molecule has 0 atom stereocenters. The molecule has 21 heavy (non-hydrogen) atoms. The Labute approximate surface area is 126 Å².